The van der Waals surface area contributed by atoms with Gasteiger partial charge in [-0.3, -0.25) is 4.79 Å². The topological polar surface area (TPSA) is 69.5 Å². The van der Waals surface area contributed by atoms with Crippen molar-refractivity contribution in [2.75, 3.05) is 0 Å². The number of aromatic amines is 1. The lowest BCUT2D eigenvalue weighted by Gasteiger charge is -1.99. The molecule has 0 saturated carbocycles. The van der Waals surface area contributed by atoms with E-state index in [1.165, 1.54) is 0 Å². The third-order valence-corrected chi connectivity index (χ3v) is 3.22. The summed E-state index contributed by atoms with van der Waals surface area (Å²) in [6.45, 7) is 0. The van der Waals surface area contributed by atoms with Gasteiger partial charge < -0.3 is 4.98 Å². The zero-order chi connectivity index (χ0) is 14.1. The number of hydrogen-bond acceptors (Lipinski definition) is 3. The predicted octanol–water partition coefficient (Wildman–Crippen LogP) is 3.32. The van der Waals surface area contributed by atoms with E-state index in [4.69, 9.17) is 16.9 Å². The molecule has 2 heterocycles. The van der Waals surface area contributed by atoms with E-state index in [9.17, 15) is 4.79 Å². The fourth-order valence-electron chi connectivity index (χ4n) is 2.05. The van der Waals surface area contributed by atoms with Crippen LogP contribution in [0.3, 0.4) is 0 Å². The van der Waals surface area contributed by atoms with Gasteiger partial charge in [-0.1, -0.05) is 23.7 Å². The number of ketones is 1. The van der Waals surface area contributed by atoms with Crippen LogP contribution in [-0.4, -0.2) is 15.8 Å². The third kappa shape index (κ3) is 2.04. The summed E-state index contributed by atoms with van der Waals surface area (Å²) in [4.78, 5) is 19.5. The molecule has 0 aliphatic carbocycles. The highest BCUT2D eigenvalue weighted by molar-refractivity contribution is 6.31. The molecule has 0 atom stereocenters. The average molecular weight is 282 g/mol. The van der Waals surface area contributed by atoms with Crippen LogP contribution in [0.4, 0.5) is 0 Å². The van der Waals surface area contributed by atoms with E-state index >= 15 is 0 Å². The SMILES string of the molecule is N#Cc1cccc(C(=O)c2c[nH]c3cc(Cl)ccc23)n1. The van der Waals surface area contributed by atoms with E-state index in [0.717, 1.165) is 10.9 Å². The van der Waals surface area contributed by atoms with Crippen molar-refractivity contribution in [2.24, 2.45) is 0 Å². The predicted molar refractivity (Wildman–Crippen MR) is 75.7 cm³/mol. The Hall–Kier alpha value is -2.64. The largest absolute Gasteiger partial charge is 0.360 e. The maximum absolute atomic E-state index is 12.4. The Morgan fingerprint density at radius 1 is 1.30 bits per heavy atom. The molecule has 0 amide bonds. The summed E-state index contributed by atoms with van der Waals surface area (Å²) in [6, 6.07) is 12.0. The van der Waals surface area contributed by atoms with Crippen molar-refractivity contribution >= 4 is 28.3 Å². The summed E-state index contributed by atoms with van der Waals surface area (Å²) in [6.07, 6.45) is 1.63. The van der Waals surface area contributed by atoms with Crippen molar-refractivity contribution in [1.82, 2.24) is 9.97 Å². The zero-order valence-electron chi connectivity index (χ0n) is 10.2. The Labute approximate surface area is 119 Å². The Bertz CT molecular complexity index is 861. The molecule has 1 N–H and O–H groups in total. The molecule has 2 aromatic heterocycles. The maximum Gasteiger partial charge on any atom is 0.213 e. The van der Waals surface area contributed by atoms with Crippen molar-refractivity contribution in [3.8, 4) is 6.07 Å². The van der Waals surface area contributed by atoms with Gasteiger partial charge in [-0.15, -0.1) is 0 Å². The highest BCUT2D eigenvalue weighted by Gasteiger charge is 2.15. The fraction of sp³-hybridized carbons (Fsp3) is 0. The van der Waals surface area contributed by atoms with E-state index < -0.39 is 0 Å². The van der Waals surface area contributed by atoms with Gasteiger partial charge in [0.05, 0.1) is 0 Å². The molecule has 4 nitrogen and oxygen atoms in total. The highest BCUT2D eigenvalue weighted by atomic mass is 35.5. The summed E-state index contributed by atoms with van der Waals surface area (Å²) in [5, 5.41) is 10.2. The van der Waals surface area contributed by atoms with Gasteiger partial charge in [-0.2, -0.15) is 5.26 Å². The second-order valence-corrected chi connectivity index (χ2v) is 4.68. The first-order chi connectivity index (χ1) is 9.69. The molecule has 1 aromatic carbocycles. The molecule has 0 radical (unpaired) electrons. The van der Waals surface area contributed by atoms with Crippen LogP contribution in [0.1, 0.15) is 21.7 Å². The number of pyridine rings is 1. The van der Waals surface area contributed by atoms with Crippen LogP contribution >= 0.6 is 11.6 Å². The Balaban J connectivity index is 2.11. The summed E-state index contributed by atoms with van der Waals surface area (Å²) >= 11 is 5.91. The molecule has 20 heavy (non-hydrogen) atoms. The second-order valence-electron chi connectivity index (χ2n) is 4.24. The number of nitriles is 1. The number of hydrogen-bond donors (Lipinski definition) is 1. The first-order valence-corrected chi connectivity index (χ1v) is 6.25. The van der Waals surface area contributed by atoms with E-state index in [0.29, 0.717) is 10.6 Å². The molecule has 0 aliphatic rings. The lowest BCUT2D eigenvalue weighted by Crippen LogP contribution is -2.04. The quantitative estimate of drug-likeness (QED) is 0.733. The van der Waals surface area contributed by atoms with Crippen LogP contribution in [0.2, 0.25) is 5.02 Å². The molecule has 0 spiro atoms. The van der Waals surface area contributed by atoms with Gasteiger partial charge in [-0.05, 0) is 24.3 Å². The molecule has 0 bridgehead atoms. The van der Waals surface area contributed by atoms with Gasteiger partial charge in [0.15, 0.2) is 0 Å². The van der Waals surface area contributed by atoms with Crippen LogP contribution in [0.15, 0.2) is 42.6 Å². The first-order valence-electron chi connectivity index (χ1n) is 5.87. The summed E-state index contributed by atoms with van der Waals surface area (Å²) < 4.78 is 0. The van der Waals surface area contributed by atoms with Gasteiger partial charge in [0.1, 0.15) is 17.5 Å². The number of H-pyrrole nitrogens is 1. The molecule has 0 aliphatic heterocycles. The number of aromatic nitrogens is 2. The third-order valence-electron chi connectivity index (χ3n) is 2.98. The minimum Gasteiger partial charge on any atom is -0.360 e. The fourth-order valence-corrected chi connectivity index (χ4v) is 2.22. The van der Waals surface area contributed by atoms with Crippen molar-refractivity contribution in [3.05, 3.63) is 64.6 Å². The second kappa shape index (κ2) is 4.80. The minimum atomic E-state index is -0.226. The van der Waals surface area contributed by atoms with Crippen molar-refractivity contribution < 1.29 is 4.79 Å². The summed E-state index contributed by atoms with van der Waals surface area (Å²) in [5.41, 5.74) is 1.77. The van der Waals surface area contributed by atoms with Gasteiger partial charge in [0.2, 0.25) is 5.78 Å². The number of benzene rings is 1. The Kier molecular flexibility index (Phi) is 2.97. The number of fused-ring (bicyclic) bond motifs is 1. The van der Waals surface area contributed by atoms with Crippen molar-refractivity contribution in [1.29, 1.82) is 5.26 Å². The molecule has 3 aromatic rings. The average Bonchev–Trinajstić information content (AvgIpc) is 2.89. The van der Waals surface area contributed by atoms with Gasteiger partial charge in [0.25, 0.3) is 0 Å². The normalized spacial score (nSPS) is 10.4. The number of rotatable bonds is 2. The molecule has 96 valence electrons. The lowest BCUT2D eigenvalue weighted by atomic mass is 10.1. The first kappa shape index (κ1) is 12.4. The zero-order valence-corrected chi connectivity index (χ0v) is 11.0. The minimum absolute atomic E-state index is 0.221. The number of nitrogens with zero attached hydrogens (tertiary/aromatic N) is 2. The standard InChI is InChI=1S/C15H8ClN3O/c16-9-4-5-11-12(8-18-14(11)6-9)15(20)13-3-1-2-10(7-17)19-13/h1-6,8,18H. The maximum atomic E-state index is 12.4. The van der Waals surface area contributed by atoms with Gasteiger partial charge in [-0.25, -0.2) is 4.98 Å². The molecule has 0 saturated heterocycles. The van der Waals surface area contributed by atoms with Crippen molar-refractivity contribution in [3.63, 3.8) is 0 Å². The monoisotopic (exact) mass is 281 g/mol. The smallest absolute Gasteiger partial charge is 0.213 e. The number of carbonyl (C=O) groups is 1. The molecule has 0 fully saturated rings. The molecular weight excluding hydrogens is 274 g/mol. The number of carbonyl (C=O) groups excluding carboxylic acids is 1. The van der Waals surface area contributed by atoms with E-state index in [-0.39, 0.29) is 17.2 Å². The van der Waals surface area contributed by atoms with E-state index in [1.807, 2.05) is 6.07 Å². The Morgan fingerprint density at radius 3 is 2.95 bits per heavy atom. The lowest BCUT2D eigenvalue weighted by molar-refractivity contribution is 0.103. The summed E-state index contributed by atoms with van der Waals surface area (Å²) in [5.74, 6) is -0.226. The molecule has 3 rings (SSSR count). The van der Waals surface area contributed by atoms with E-state index in [1.54, 1.807) is 42.6 Å². The van der Waals surface area contributed by atoms with Crippen molar-refractivity contribution in [2.45, 2.75) is 0 Å². The van der Waals surface area contributed by atoms with Gasteiger partial charge in [0, 0.05) is 27.7 Å². The molecule has 0 unspecified atom stereocenters. The number of nitrogens with one attached hydrogen (secondary N) is 1. The summed E-state index contributed by atoms with van der Waals surface area (Å²) in [7, 11) is 0. The van der Waals surface area contributed by atoms with Crippen LogP contribution in [0.5, 0.6) is 0 Å². The van der Waals surface area contributed by atoms with Crippen LogP contribution in [-0.2, 0) is 0 Å². The molecular formula is C15H8ClN3O. The Morgan fingerprint density at radius 2 is 2.15 bits per heavy atom. The number of halogens is 1. The molecule has 5 heteroatoms. The highest BCUT2D eigenvalue weighted by Crippen LogP contribution is 2.23. The van der Waals surface area contributed by atoms with Crippen LogP contribution in [0, 0.1) is 11.3 Å². The van der Waals surface area contributed by atoms with E-state index in [2.05, 4.69) is 9.97 Å². The van der Waals surface area contributed by atoms with Crippen LogP contribution < -0.4 is 0 Å². The van der Waals surface area contributed by atoms with Gasteiger partial charge >= 0.3 is 0 Å². The van der Waals surface area contributed by atoms with Crippen LogP contribution in [0.25, 0.3) is 10.9 Å².